The molecule has 0 aromatic rings. The van der Waals surface area contributed by atoms with Crippen molar-refractivity contribution in [2.75, 3.05) is 0 Å². The van der Waals surface area contributed by atoms with Crippen LogP contribution in [0.2, 0.25) is 0 Å². The lowest BCUT2D eigenvalue weighted by Gasteiger charge is -1.86. The predicted octanol–water partition coefficient (Wildman–Crippen LogP) is 3.61. The largest absolute Gasteiger partial charge is 0.432 e. The number of carbonyl (C=O) groups excluding carboxylic acids is 1. The van der Waals surface area contributed by atoms with E-state index in [2.05, 4.69) is 24.8 Å². The van der Waals surface area contributed by atoms with Crippen molar-refractivity contribution in [2.45, 2.75) is 33.1 Å². The lowest BCUT2D eigenvalue weighted by atomic mass is 10.3. The Morgan fingerprint density at radius 1 is 1.43 bits per heavy atom. The maximum absolute atomic E-state index is 10.3. The minimum Gasteiger partial charge on any atom is -0.432 e. The lowest BCUT2D eigenvalue weighted by molar-refractivity contribution is -0.132. The third kappa shape index (κ3) is 17.0. The Hall–Kier alpha value is -1.31. The number of carbonyl (C=O) groups is 1. The zero-order valence-electron chi connectivity index (χ0n) is 9.16. The van der Waals surface area contributed by atoms with E-state index in [1.165, 1.54) is 25.3 Å². The SMILES string of the molecule is C=CCCCC.C=COC(=O)C=CC. The number of rotatable bonds is 5. The summed E-state index contributed by atoms with van der Waals surface area (Å²) in [4.78, 5) is 10.3. The third-order valence-corrected chi connectivity index (χ3v) is 1.26. The molecule has 14 heavy (non-hydrogen) atoms. The molecule has 0 saturated carbocycles. The van der Waals surface area contributed by atoms with Crippen LogP contribution in [-0.4, -0.2) is 5.97 Å². The summed E-state index contributed by atoms with van der Waals surface area (Å²) in [7, 11) is 0. The first-order valence-electron chi connectivity index (χ1n) is 4.78. The van der Waals surface area contributed by atoms with E-state index in [0.717, 1.165) is 6.26 Å². The standard InChI is InChI=1S/C6H8O2.C6H12/c1-3-5-6(7)8-4-2;1-3-5-6-4-2/h3-5H,2H2,1H3;3H,1,4-6H2,2H3. The number of hydrogen-bond donors (Lipinski definition) is 0. The average molecular weight is 196 g/mol. The Labute approximate surface area is 87.0 Å². The van der Waals surface area contributed by atoms with Gasteiger partial charge in [0.2, 0.25) is 0 Å². The van der Waals surface area contributed by atoms with Gasteiger partial charge in [0.1, 0.15) is 0 Å². The molecule has 0 aliphatic heterocycles. The maximum atomic E-state index is 10.3. The van der Waals surface area contributed by atoms with E-state index in [0.29, 0.717) is 0 Å². The highest BCUT2D eigenvalue weighted by Crippen LogP contribution is 1.91. The molecule has 0 bridgehead atoms. The van der Waals surface area contributed by atoms with Crippen LogP contribution in [0.5, 0.6) is 0 Å². The average Bonchev–Trinajstić information content (AvgIpc) is 2.16. The highest BCUT2D eigenvalue weighted by atomic mass is 16.5. The Morgan fingerprint density at radius 2 is 2.07 bits per heavy atom. The summed E-state index contributed by atoms with van der Waals surface area (Å²) < 4.78 is 4.32. The van der Waals surface area contributed by atoms with Gasteiger partial charge in [0, 0.05) is 6.08 Å². The summed E-state index contributed by atoms with van der Waals surface area (Å²) in [5.74, 6) is -0.387. The molecule has 2 heteroatoms. The van der Waals surface area contributed by atoms with Gasteiger partial charge in [-0.1, -0.05) is 38.5 Å². The molecule has 0 rings (SSSR count). The van der Waals surface area contributed by atoms with Crippen LogP contribution in [0.25, 0.3) is 0 Å². The molecule has 0 radical (unpaired) electrons. The van der Waals surface area contributed by atoms with Gasteiger partial charge in [-0.3, -0.25) is 0 Å². The van der Waals surface area contributed by atoms with Crippen molar-refractivity contribution in [3.8, 4) is 0 Å². The van der Waals surface area contributed by atoms with E-state index in [1.54, 1.807) is 13.0 Å². The van der Waals surface area contributed by atoms with Gasteiger partial charge in [0.05, 0.1) is 6.26 Å². The number of unbranched alkanes of at least 4 members (excludes halogenated alkanes) is 2. The van der Waals surface area contributed by atoms with Crippen molar-refractivity contribution in [2.24, 2.45) is 0 Å². The first-order chi connectivity index (χ1) is 6.72. The molecule has 0 aromatic carbocycles. The first kappa shape index (κ1) is 15.2. The summed E-state index contributed by atoms with van der Waals surface area (Å²) in [5, 5.41) is 0. The van der Waals surface area contributed by atoms with Crippen LogP contribution in [0.3, 0.4) is 0 Å². The van der Waals surface area contributed by atoms with Crippen molar-refractivity contribution in [3.63, 3.8) is 0 Å². The van der Waals surface area contributed by atoms with Crippen LogP contribution in [0.15, 0.2) is 37.6 Å². The number of esters is 1. The van der Waals surface area contributed by atoms with Gasteiger partial charge in [-0.2, -0.15) is 0 Å². The molecule has 0 heterocycles. The molecule has 0 N–H and O–H groups in total. The Bertz CT molecular complexity index is 181. The van der Waals surface area contributed by atoms with Crippen LogP contribution in [-0.2, 0) is 9.53 Å². The van der Waals surface area contributed by atoms with E-state index >= 15 is 0 Å². The minimum atomic E-state index is -0.387. The second kappa shape index (κ2) is 14.2. The Balaban J connectivity index is 0. The second-order valence-electron chi connectivity index (χ2n) is 2.53. The fourth-order valence-corrected chi connectivity index (χ4v) is 0.606. The molecule has 0 atom stereocenters. The van der Waals surface area contributed by atoms with Gasteiger partial charge in [-0.15, -0.1) is 6.58 Å². The summed E-state index contributed by atoms with van der Waals surface area (Å²) >= 11 is 0. The maximum Gasteiger partial charge on any atom is 0.335 e. The zero-order valence-corrected chi connectivity index (χ0v) is 9.16. The number of hydrogen-bond acceptors (Lipinski definition) is 2. The summed E-state index contributed by atoms with van der Waals surface area (Å²) in [6, 6.07) is 0. The van der Waals surface area contributed by atoms with Gasteiger partial charge < -0.3 is 4.74 Å². The summed E-state index contributed by atoms with van der Waals surface area (Å²) in [6.45, 7) is 10.7. The van der Waals surface area contributed by atoms with Gasteiger partial charge in [-0.05, 0) is 13.3 Å². The molecule has 2 nitrogen and oxygen atoms in total. The lowest BCUT2D eigenvalue weighted by Crippen LogP contribution is -1.91. The highest BCUT2D eigenvalue weighted by molar-refractivity contribution is 5.82. The fourth-order valence-electron chi connectivity index (χ4n) is 0.606. The number of allylic oxidation sites excluding steroid dienone is 2. The minimum absolute atomic E-state index is 0.387. The molecule has 80 valence electrons. The van der Waals surface area contributed by atoms with Crippen molar-refractivity contribution in [3.05, 3.63) is 37.6 Å². The molecule has 0 saturated heterocycles. The van der Waals surface area contributed by atoms with E-state index < -0.39 is 0 Å². The van der Waals surface area contributed by atoms with Gasteiger partial charge in [0.15, 0.2) is 0 Å². The molecule has 0 aliphatic carbocycles. The van der Waals surface area contributed by atoms with Crippen molar-refractivity contribution in [1.82, 2.24) is 0 Å². The van der Waals surface area contributed by atoms with Crippen LogP contribution in [0.1, 0.15) is 33.1 Å². The van der Waals surface area contributed by atoms with Crippen LogP contribution >= 0.6 is 0 Å². The van der Waals surface area contributed by atoms with Gasteiger partial charge in [-0.25, -0.2) is 4.79 Å². The summed E-state index contributed by atoms with van der Waals surface area (Å²) in [5.41, 5.74) is 0. The Kier molecular flexibility index (Phi) is 15.4. The van der Waals surface area contributed by atoms with E-state index in [4.69, 9.17) is 0 Å². The quantitative estimate of drug-likeness (QED) is 0.221. The molecule has 0 fully saturated rings. The van der Waals surface area contributed by atoms with Crippen LogP contribution in [0, 0.1) is 0 Å². The Morgan fingerprint density at radius 3 is 2.36 bits per heavy atom. The number of ether oxygens (including phenoxy) is 1. The van der Waals surface area contributed by atoms with Crippen LogP contribution in [0.4, 0.5) is 0 Å². The van der Waals surface area contributed by atoms with Gasteiger partial charge in [0.25, 0.3) is 0 Å². The summed E-state index contributed by atoms with van der Waals surface area (Å²) in [6.07, 6.45) is 9.74. The molecule has 0 unspecified atom stereocenters. The fraction of sp³-hybridized carbons (Fsp3) is 0.417. The molecule has 0 aliphatic rings. The second-order valence-corrected chi connectivity index (χ2v) is 2.53. The zero-order chi connectivity index (χ0) is 11.2. The van der Waals surface area contributed by atoms with Crippen LogP contribution < -0.4 is 0 Å². The normalized spacial score (nSPS) is 8.71. The highest BCUT2D eigenvalue weighted by Gasteiger charge is 1.86. The smallest absolute Gasteiger partial charge is 0.335 e. The van der Waals surface area contributed by atoms with E-state index in [-0.39, 0.29) is 5.97 Å². The topological polar surface area (TPSA) is 26.3 Å². The van der Waals surface area contributed by atoms with E-state index in [1.807, 2.05) is 6.08 Å². The predicted molar refractivity (Wildman–Crippen MR) is 60.8 cm³/mol. The molecular formula is C12H20O2. The first-order valence-corrected chi connectivity index (χ1v) is 4.78. The van der Waals surface area contributed by atoms with Crippen molar-refractivity contribution < 1.29 is 9.53 Å². The van der Waals surface area contributed by atoms with Crippen molar-refractivity contribution >= 4 is 5.97 Å². The molecule has 0 spiro atoms. The molecular weight excluding hydrogens is 176 g/mol. The monoisotopic (exact) mass is 196 g/mol. The molecule has 0 amide bonds. The van der Waals surface area contributed by atoms with Crippen molar-refractivity contribution in [1.29, 1.82) is 0 Å². The molecule has 0 aromatic heterocycles. The van der Waals surface area contributed by atoms with Gasteiger partial charge >= 0.3 is 5.97 Å². The third-order valence-electron chi connectivity index (χ3n) is 1.26. The van der Waals surface area contributed by atoms with E-state index in [9.17, 15) is 4.79 Å².